The summed E-state index contributed by atoms with van der Waals surface area (Å²) in [5.74, 6) is 3.62. The van der Waals surface area contributed by atoms with Crippen LogP contribution in [0.3, 0.4) is 0 Å². The molecule has 0 radical (unpaired) electrons. The van der Waals surface area contributed by atoms with Crippen LogP contribution < -0.4 is 10.9 Å². The number of halogens is 1. The lowest BCUT2D eigenvalue weighted by atomic mass is 10.1. The number of terminal acetylenes is 1. The van der Waals surface area contributed by atoms with Crippen molar-refractivity contribution in [2.45, 2.75) is 31.1 Å². The minimum Gasteiger partial charge on any atom is -0.381 e. The van der Waals surface area contributed by atoms with Crippen LogP contribution in [0.25, 0.3) is 0 Å². The van der Waals surface area contributed by atoms with Gasteiger partial charge < -0.3 is 5.32 Å². The van der Waals surface area contributed by atoms with Gasteiger partial charge in [0.2, 0.25) is 0 Å². The average Bonchev–Trinajstić information content (AvgIpc) is 2.82. The van der Waals surface area contributed by atoms with E-state index in [9.17, 15) is 4.79 Å². The average molecular weight is 342 g/mol. The molecule has 0 spiro atoms. The van der Waals surface area contributed by atoms with E-state index in [1.807, 2.05) is 11.8 Å². The fraction of sp³-hybridized carbons (Fsp3) is 0.538. The van der Waals surface area contributed by atoms with E-state index in [0.29, 0.717) is 4.47 Å². The Kier molecular flexibility index (Phi) is 4.58. The molecule has 1 fully saturated rings. The number of hydrogen-bond donors (Lipinski definition) is 1. The Balaban J connectivity index is 2.11. The van der Waals surface area contributed by atoms with Crippen LogP contribution in [0.15, 0.2) is 15.5 Å². The van der Waals surface area contributed by atoms with Crippen LogP contribution in [0, 0.1) is 12.3 Å². The second-order valence-corrected chi connectivity index (χ2v) is 7.27. The number of anilines is 1. The summed E-state index contributed by atoms with van der Waals surface area (Å²) in [7, 11) is 0. The molecule has 2 rings (SSSR count). The molecular formula is C13H16BrN3OS. The summed E-state index contributed by atoms with van der Waals surface area (Å²) in [6.07, 6.45) is 9.29. The monoisotopic (exact) mass is 341 g/mol. The Bertz CT molecular complexity index is 558. The summed E-state index contributed by atoms with van der Waals surface area (Å²) in [5.41, 5.74) is 0.527. The largest absolute Gasteiger partial charge is 0.381 e. The van der Waals surface area contributed by atoms with Crippen LogP contribution in [0.4, 0.5) is 5.69 Å². The smallest absolute Gasteiger partial charge is 0.284 e. The van der Waals surface area contributed by atoms with Gasteiger partial charge in [-0.05, 0) is 41.4 Å². The third-order valence-corrected chi connectivity index (χ3v) is 5.48. The van der Waals surface area contributed by atoms with Gasteiger partial charge in [0.05, 0.1) is 11.9 Å². The summed E-state index contributed by atoms with van der Waals surface area (Å²) in [4.78, 5) is 12.0. The van der Waals surface area contributed by atoms with Gasteiger partial charge in [-0.15, -0.1) is 6.42 Å². The number of rotatable bonds is 4. The quantitative estimate of drug-likeness (QED) is 0.854. The van der Waals surface area contributed by atoms with E-state index in [0.717, 1.165) is 12.2 Å². The standard InChI is InChI=1S/C13H16BrN3OS/c1-3-6-17-12(18)11(14)10(8-16-17)15-9-13(2)5-4-7-19-13/h1,8,15H,4-7,9H2,2H3. The van der Waals surface area contributed by atoms with Gasteiger partial charge in [0.15, 0.2) is 0 Å². The lowest BCUT2D eigenvalue weighted by molar-refractivity contribution is 0.630. The molecule has 0 saturated carbocycles. The van der Waals surface area contributed by atoms with Crippen LogP contribution in [0.1, 0.15) is 19.8 Å². The fourth-order valence-corrected chi connectivity index (χ4v) is 3.74. The lowest BCUT2D eigenvalue weighted by Crippen LogP contribution is -2.29. The number of aromatic nitrogens is 2. The van der Waals surface area contributed by atoms with Crippen molar-refractivity contribution in [1.29, 1.82) is 0 Å². The third-order valence-electron chi connectivity index (χ3n) is 3.18. The highest BCUT2D eigenvalue weighted by molar-refractivity contribution is 9.10. The normalized spacial score (nSPS) is 22.2. The first kappa shape index (κ1) is 14.5. The first-order chi connectivity index (χ1) is 9.06. The Morgan fingerprint density at radius 3 is 3.16 bits per heavy atom. The number of nitrogens with one attached hydrogen (secondary N) is 1. The number of thioether (sulfide) groups is 1. The Labute approximate surface area is 125 Å². The summed E-state index contributed by atoms with van der Waals surface area (Å²) < 4.78 is 2.00. The zero-order valence-corrected chi connectivity index (χ0v) is 13.2. The summed E-state index contributed by atoms with van der Waals surface area (Å²) in [6, 6.07) is 0. The molecule has 4 nitrogen and oxygen atoms in total. The maximum absolute atomic E-state index is 12.0. The molecule has 19 heavy (non-hydrogen) atoms. The third kappa shape index (κ3) is 3.34. The maximum atomic E-state index is 12.0. The summed E-state index contributed by atoms with van der Waals surface area (Å²) in [6.45, 7) is 3.26. The molecule has 0 bridgehead atoms. The van der Waals surface area contributed by atoms with Crippen molar-refractivity contribution < 1.29 is 0 Å². The van der Waals surface area contributed by atoms with Gasteiger partial charge in [-0.1, -0.05) is 5.92 Å². The molecular weight excluding hydrogens is 326 g/mol. The van der Waals surface area contributed by atoms with Crippen LogP contribution in [-0.2, 0) is 6.54 Å². The van der Waals surface area contributed by atoms with E-state index in [1.165, 1.54) is 23.3 Å². The second kappa shape index (κ2) is 6.02. The van der Waals surface area contributed by atoms with Crippen molar-refractivity contribution in [3.63, 3.8) is 0 Å². The Hall–Kier alpha value is -0.930. The second-order valence-electron chi connectivity index (χ2n) is 4.79. The van der Waals surface area contributed by atoms with E-state index >= 15 is 0 Å². The lowest BCUT2D eigenvalue weighted by Gasteiger charge is -2.23. The molecule has 1 aromatic rings. The molecule has 0 amide bonds. The molecule has 0 aliphatic carbocycles. The topological polar surface area (TPSA) is 46.9 Å². The molecule has 102 valence electrons. The van der Waals surface area contributed by atoms with Crippen molar-refractivity contribution in [3.8, 4) is 12.3 Å². The first-order valence-electron chi connectivity index (χ1n) is 6.13. The van der Waals surface area contributed by atoms with Crippen LogP contribution in [0.2, 0.25) is 0 Å². The molecule has 1 aliphatic rings. The van der Waals surface area contributed by atoms with Gasteiger partial charge in [0, 0.05) is 11.3 Å². The highest BCUT2D eigenvalue weighted by atomic mass is 79.9. The highest BCUT2D eigenvalue weighted by Gasteiger charge is 2.29. The van der Waals surface area contributed by atoms with Crippen molar-refractivity contribution in [3.05, 3.63) is 21.0 Å². The number of hydrogen-bond acceptors (Lipinski definition) is 4. The molecule has 6 heteroatoms. The van der Waals surface area contributed by atoms with Crippen LogP contribution in [0.5, 0.6) is 0 Å². The molecule has 1 saturated heterocycles. The minimum absolute atomic E-state index is 0.186. The molecule has 1 aromatic heterocycles. The van der Waals surface area contributed by atoms with Gasteiger partial charge in [0.25, 0.3) is 5.56 Å². The van der Waals surface area contributed by atoms with E-state index < -0.39 is 0 Å². The molecule has 0 aromatic carbocycles. The van der Waals surface area contributed by atoms with Gasteiger partial charge in [-0.3, -0.25) is 4.79 Å². The SMILES string of the molecule is C#CCn1ncc(NCC2(C)CCCS2)c(Br)c1=O. The Morgan fingerprint density at radius 2 is 2.53 bits per heavy atom. The fourth-order valence-electron chi connectivity index (χ4n) is 2.05. The van der Waals surface area contributed by atoms with Gasteiger partial charge in [-0.25, -0.2) is 4.68 Å². The zero-order valence-electron chi connectivity index (χ0n) is 10.8. The van der Waals surface area contributed by atoms with Crippen LogP contribution in [-0.4, -0.2) is 26.8 Å². The van der Waals surface area contributed by atoms with Crippen molar-refractivity contribution in [1.82, 2.24) is 9.78 Å². The van der Waals surface area contributed by atoms with E-state index in [1.54, 1.807) is 6.20 Å². The summed E-state index contributed by atoms with van der Waals surface area (Å²) >= 11 is 5.29. The van der Waals surface area contributed by atoms with Gasteiger partial charge in [0.1, 0.15) is 11.0 Å². The van der Waals surface area contributed by atoms with Crippen molar-refractivity contribution >= 4 is 33.4 Å². The zero-order chi connectivity index (χ0) is 13.9. The molecule has 1 unspecified atom stereocenters. The van der Waals surface area contributed by atoms with E-state index in [2.05, 4.69) is 39.2 Å². The van der Waals surface area contributed by atoms with E-state index in [4.69, 9.17) is 6.42 Å². The summed E-state index contributed by atoms with van der Waals surface area (Å²) in [5, 5.41) is 7.37. The van der Waals surface area contributed by atoms with Gasteiger partial charge >= 0.3 is 0 Å². The minimum atomic E-state index is -0.202. The Morgan fingerprint density at radius 1 is 1.74 bits per heavy atom. The molecule has 1 N–H and O–H groups in total. The predicted octanol–water partition coefficient (Wildman–Crippen LogP) is 2.34. The van der Waals surface area contributed by atoms with Crippen LogP contribution >= 0.6 is 27.7 Å². The highest BCUT2D eigenvalue weighted by Crippen LogP contribution is 2.37. The van der Waals surface area contributed by atoms with Crippen molar-refractivity contribution in [2.75, 3.05) is 17.6 Å². The predicted molar refractivity (Wildman–Crippen MR) is 83.6 cm³/mol. The molecule has 1 aliphatic heterocycles. The molecule has 1 atom stereocenters. The maximum Gasteiger partial charge on any atom is 0.284 e. The number of nitrogens with zero attached hydrogens (tertiary/aromatic N) is 2. The van der Waals surface area contributed by atoms with Gasteiger partial charge in [-0.2, -0.15) is 16.9 Å². The first-order valence-corrected chi connectivity index (χ1v) is 7.90. The van der Waals surface area contributed by atoms with E-state index in [-0.39, 0.29) is 16.9 Å². The molecule has 2 heterocycles. The van der Waals surface area contributed by atoms with Crippen molar-refractivity contribution in [2.24, 2.45) is 0 Å².